The molecule has 0 saturated heterocycles. The highest BCUT2D eigenvalue weighted by atomic mass is 16.3. The van der Waals surface area contributed by atoms with Gasteiger partial charge in [-0.1, -0.05) is 433 Å². The van der Waals surface area contributed by atoms with E-state index in [-0.39, 0.29) is 5.41 Å². The van der Waals surface area contributed by atoms with Crippen LogP contribution in [-0.4, -0.2) is 0 Å². The van der Waals surface area contributed by atoms with Gasteiger partial charge in [0.05, 0.1) is 0 Å². The number of benzene rings is 23. The topological polar surface area (TPSA) is 39.4 Å². The van der Waals surface area contributed by atoms with Crippen LogP contribution in [0.5, 0.6) is 0 Å². The molecule has 3 heteroatoms. The average molecular weight is 1690 g/mol. The van der Waals surface area contributed by atoms with Gasteiger partial charge in [0, 0.05) is 43.4 Å². The maximum absolute atomic E-state index is 6.82. The van der Waals surface area contributed by atoms with Gasteiger partial charge in [0.1, 0.15) is 33.5 Å². The van der Waals surface area contributed by atoms with Crippen LogP contribution in [0.1, 0.15) is 31.9 Å². The second kappa shape index (κ2) is 32.5. The van der Waals surface area contributed by atoms with Crippen LogP contribution in [0.4, 0.5) is 0 Å². The Balaban J connectivity index is 0.000000111. The van der Waals surface area contributed by atoms with E-state index in [9.17, 15) is 0 Å². The van der Waals surface area contributed by atoms with E-state index >= 15 is 0 Å². The van der Waals surface area contributed by atoms with Gasteiger partial charge < -0.3 is 13.3 Å². The van der Waals surface area contributed by atoms with Crippen LogP contribution in [0.3, 0.4) is 0 Å². The average Bonchev–Trinajstić information content (AvgIpc) is 0.902. The third-order valence-electron chi connectivity index (χ3n) is 27.1. The van der Waals surface area contributed by atoms with Gasteiger partial charge in [-0.2, -0.15) is 0 Å². The first-order chi connectivity index (χ1) is 65.1. The number of aryl methyl sites for hydroxylation is 1. The highest BCUT2D eigenvalue weighted by Crippen LogP contribution is 2.52. The van der Waals surface area contributed by atoms with E-state index in [0.29, 0.717) is 0 Å². The molecule has 132 heavy (non-hydrogen) atoms. The maximum Gasteiger partial charge on any atom is 0.143 e. The zero-order valence-corrected chi connectivity index (χ0v) is 73.6. The Bertz CT molecular complexity index is 8870. The molecule has 3 aromatic heterocycles. The molecule has 0 fully saturated rings. The van der Waals surface area contributed by atoms with Crippen LogP contribution in [0.15, 0.2) is 474 Å². The summed E-state index contributed by atoms with van der Waals surface area (Å²) in [6, 6.07) is 166. The minimum Gasteiger partial charge on any atom is -0.456 e. The SMILES string of the molecule is CC(C)(C)c1ccc2cccc(-c3cccc4c3oc3ccc(-c5c6ccccc6c(-c6ccccc6)c6ccccc56)cc34)c2c1.Cc1cccc2c1oc1ccc(-c3c4ccccc4c(-c4ccccc4)c4ccccc34)cc12.c1ccc(-c2ccc(-c3ccccc3)c(-c3cccc4c3oc3ccc(-c5c6ccccc6c(-c6ccccc6)c6ccccc56)cc34)c2)cc1. The van der Waals surface area contributed by atoms with Gasteiger partial charge in [0.15, 0.2) is 0 Å². The number of hydrogen-bond acceptors (Lipinski definition) is 3. The predicted octanol–water partition coefficient (Wildman–Crippen LogP) is 37.1. The molecule has 0 N–H and O–H groups in total. The van der Waals surface area contributed by atoms with Crippen molar-refractivity contribution in [3.05, 3.63) is 472 Å². The maximum atomic E-state index is 6.82. The van der Waals surface area contributed by atoms with E-state index in [4.69, 9.17) is 13.3 Å². The highest BCUT2D eigenvalue weighted by Gasteiger charge is 2.26. The number of fused-ring (bicyclic) bond motifs is 16. The van der Waals surface area contributed by atoms with Crippen LogP contribution in [0, 0.1) is 6.92 Å². The minimum absolute atomic E-state index is 0.0662. The van der Waals surface area contributed by atoms with Gasteiger partial charge >= 0.3 is 0 Å². The fraction of sp³-hybridized carbons (Fsp3) is 0.0388. The highest BCUT2D eigenvalue weighted by molar-refractivity contribution is 6.26. The summed E-state index contributed by atoms with van der Waals surface area (Å²) >= 11 is 0. The molecule has 3 heterocycles. The Hall–Kier alpha value is -16.7. The Morgan fingerprint density at radius 2 is 0.447 bits per heavy atom. The van der Waals surface area contributed by atoms with Crippen molar-refractivity contribution in [1.29, 1.82) is 0 Å². The summed E-state index contributed by atoms with van der Waals surface area (Å²) in [4.78, 5) is 0. The summed E-state index contributed by atoms with van der Waals surface area (Å²) < 4.78 is 19.8. The van der Waals surface area contributed by atoms with Crippen LogP contribution in [0.25, 0.3) is 252 Å². The molecule has 3 nitrogen and oxygen atoms in total. The van der Waals surface area contributed by atoms with Gasteiger partial charge in [-0.05, 0) is 248 Å². The van der Waals surface area contributed by atoms with Gasteiger partial charge in [-0.3, -0.25) is 0 Å². The third-order valence-corrected chi connectivity index (χ3v) is 27.1. The van der Waals surface area contributed by atoms with Crippen molar-refractivity contribution in [2.24, 2.45) is 0 Å². The molecule has 0 saturated carbocycles. The largest absolute Gasteiger partial charge is 0.456 e. The first-order valence-corrected chi connectivity index (χ1v) is 45.7. The molecule has 0 bridgehead atoms. The number of rotatable bonds is 10. The van der Waals surface area contributed by atoms with Crippen LogP contribution in [-0.2, 0) is 5.41 Å². The van der Waals surface area contributed by atoms with Gasteiger partial charge in [0.25, 0.3) is 0 Å². The van der Waals surface area contributed by atoms with Crippen LogP contribution >= 0.6 is 0 Å². The monoisotopic (exact) mass is 1680 g/mol. The molecule has 26 rings (SSSR count). The van der Waals surface area contributed by atoms with Gasteiger partial charge in [-0.25, -0.2) is 0 Å². The molecule has 26 aromatic rings. The standard InChI is InChI=1S/C50H32O.C46H34O.C33H22O/c1-4-15-33(16-5-1)36-27-29-38(34-17-6-2-7-18-34)45(31-36)43-25-14-26-44-46-32-37(28-30-47(46)51-50(43)44)49-41-23-12-10-21-39(41)48(35-19-8-3-9-20-35)40-22-11-13-24-42(40)49;1-46(2,3)32-25-23-29-15-11-20-33(40(29)28-32)38-21-12-22-39-41-27-31(24-26-42(41)47-45(38)39)44-36-18-9-7-16-34(36)43(30-13-5-4-6-14-30)35-17-8-10-19-37(35)44;1-21-10-9-17-28-29-20-23(18-19-30(29)34-33(21)28)32-26-15-7-5-13-24(26)31(22-11-3-2-4-12-22)25-14-6-8-16-27(25)32/h1-32H;4-28H,1-3H3;2-20H,1H3. The Morgan fingerprint density at radius 1 is 0.159 bits per heavy atom. The summed E-state index contributed by atoms with van der Waals surface area (Å²) in [7, 11) is 0. The van der Waals surface area contributed by atoms with Gasteiger partial charge in [0.2, 0.25) is 0 Å². The number of furan rings is 3. The molecule has 0 atom stereocenters. The molecule has 0 aliphatic heterocycles. The lowest BCUT2D eigenvalue weighted by atomic mass is 9.84. The van der Waals surface area contributed by atoms with E-state index < -0.39 is 0 Å². The molecule has 622 valence electrons. The number of para-hydroxylation sites is 3. The minimum atomic E-state index is 0.0662. The number of hydrogen-bond donors (Lipinski definition) is 0. The van der Waals surface area contributed by atoms with E-state index in [1.54, 1.807) is 0 Å². The lowest BCUT2D eigenvalue weighted by Gasteiger charge is -2.20. The molecule has 0 aliphatic carbocycles. The van der Waals surface area contributed by atoms with E-state index in [0.717, 1.165) is 77.1 Å². The second-order valence-corrected chi connectivity index (χ2v) is 35.9. The zero-order chi connectivity index (χ0) is 88.1. The summed E-state index contributed by atoms with van der Waals surface area (Å²) in [5.74, 6) is 0. The molecule has 23 aromatic carbocycles. The molecular formula is C129H88O3. The second-order valence-electron chi connectivity index (χ2n) is 35.9. The molecule has 0 unspecified atom stereocenters. The van der Waals surface area contributed by atoms with Crippen molar-refractivity contribution in [3.8, 4) is 111 Å². The lowest BCUT2D eigenvalue weighted by molar-refractivity contribution is 0.591. The quantitative estimate of drug-likeness (QED) is 0.128. The summed E-state index contributed by atoms with van der Waals surface area (Å²) in [6.07, 6.45) is 0. The Labute approximate surface area is 765 Å². The summed E-state index contributed by atoms with van der Waals surface area (Å²) in [5.41, 5.74) is 32.3. The van der Waals surface area contributed by atoms with Crippen molar-refractivity contribution < 1.29 is 13.3 Å². The van der Waals surface area contributed by atoms with Crippen molar-refractivity contribution >= 4 is 141 Å². The van der Waals surface area contributed by atoms with Crippen molar-refractivity contribution in [2.45, 2.75) is 33.1 Å². The molecular weight excluding hydrogens is 1600 g/mol. The fourth-order valence-corrected chi connectivity index (χ4v) is 20.9. The zero-order valence-electron chi connectivity index (χ0n) is 73.6. The van der Waals surface area contributed by atoms with E-state index in [1.165, 1.54) is 186 Å². The van der Waals surface area contributed by atoms with Crippen molar-refractivity contribution in [3.63, 3.8) is 0 Å². The van der Waals surface area contributed by atoms with Crippen LogP contribution < -0.4 is 0 Å². The molecule has 0 aliphatic rings. The smallest absolute Gasteiger partial charge is 0.143 e. The first kappa shape index (κ1) is 78.7. The van der Waals surface area contributed by atoms with E-state index in [2.05, 4.69) is 489 Å². The molecule has 0 radical (unpaired) electrons. The van der Waals surface area contributed by atoms with Crippen molar-refractivity contribution in [2.75, 3.05) is 0 Å². The summed E-state index contributed by atoms with van der Waals surface area (Å²) in [6.45, 7) is 8.93. The Kier molecular flexibility index (Phi) is 19.4. The predicted molar refractivity (Wildman–Crippen MR) is 561 cm³/mol. The molecule has 0 spiro atoms. The van der Waals surface area contributed by atoms with Crippen LogP contribution in [0.2, 0.25) is 0 Å². The summed E-state index contributed by atoms with van der Waals surface area (Å²) in [5, 5.41) is 24.4. The first-order valence-electron chi connectivity index (χ1n) is 45.7. The van der Waals surface area contributed by atoms with E-state index in [1.807, 2.05) is 0 Å². The normalized spacial score (nSPS) is 11.8. The Morgan fingerprint density at radius 3 is 0.818 bits per heavy atom. The van der Waals surface area contributed by atoms with Gasteiger partial charge in [-0.15, -0.1) is 0 Å². The fourth-order valence-electron chi connectivity index (χ4n) is 20.9. The lowest BCUT2D eigenvalue weighted by Crippen LogP contribution is -2.10. The van der Waals surface area contributed by atoms with Crippen molar-refractivity contribution in [1.82, 2.24) is 0 Å². The third kappa shape index (κ3) is 13.6. The molecule has 0 amide bonds.